The van der Waals surface area contributed by atoms with E-state index in [9.17, 15) is 0 Å². The van der Waals surface area contributed by atoms with Crippen LogP contribution in [0.4, 0.5) is 0 Å². The van der Waals surface area contributed by atoms with Gasteiger partial charge in [0.15, 0.2) is 5.60 Å². The van der Waals surface area contributed by atoms with Gasteiger partial charge in [-0.25, -0.2) is 0 Å². The largest absolute Gasteiger partial charge is 0.482 e. The van der Waals surface area contributed by atoms with Crippen LogP contribution in [-0.2, 0) is 15.1 Å². The van der Waals surface area contributed by atoms with Crippen molar-refractivity contribution in [1.82, 2.24) is 0 Å². The van der Waals surface area contributed by atoms with Crippen molar-refractivity contribution in [2.24, 2.45) is 5.41 Å². The summed E-state index contributed by atoms with van der Waals surface area (Å²) in [5.41, 5.74) is 9.90. The molecule has 1 saturated heterocycles. The SMILES string of the molecule is Cc1ccc(C2=C(c3ccccc3)C34CCC3(O2)C23CCC2=C(c2ccccc2)C4(c2ccc(C)cc2)O3)cc1. The van der Waals surface area contributed by atoms with Crippen LogP contribution in [0.2, 0.25) is 0 Å². The smallest absolute Gasteiger partial charge is 0.155 e. The molecule has 2 nitrogen and oxygen atoms in total. The molecule has 0 aromatic heterocycles. The Morgan fingerprint density at radius 1 is 0.575 bits per heavy atom. The van der Waals surface area contributed by atoms with Crippen LogP contribution in [0.1, 0.15) is 59.1 Å². The molecular weight excluding hydrogens is 488 g/mol. The molecule has 4 unspecified atom stereocenters. The monoisotopic (exact) mass is 520 g/mol. The molecule has 2 bridgehead atoms. The Morgan fingerprint density at radius 2 is 1.18 bits per heavy atom. The Labute approximate surface area is 236 Å². The lowest BCUT2D eigenvalue weighted by molar-refractivity contribution is -0.166. The van der Waals surface area contributed by atoms with Gasteiger partial charge in [0.2, 0.25) is 0 Å². The standard InChI is InChI=1S/C38H32O2/c1-25-13-17-29(18-14-25)34-33(28-11-7-4-8-12-28)35-23-24-37(35,39-34)36-22-21-31(36)32(27-9-5-3-6-10-27)38(35,40-36)30-19-15-26(2)16-20-30/h3-20H,21-24H2,1-2H3. The first-order chi connectivity index (χ1) is 19.6. The zero-order valence-corrected chi connectivity index (χ0v) is 23.0. The molecule has 0 radical (unpaired) electrons. The van der Waals surface area contributed by atoms with Gasteiger partial charge >= 0.3 is 0 Å². The van der Waals surface area contributed by atoms with Gasteiger partial charge in [0.1, 0.15) is 17.0 Å². The summed E-state index contributed by atoms with van der Waals surface area (Å²) in [6.45, 7) is 4.32. The van der Waals surface area contributed by atoms with Crippen LogP contribution in [0.15, 0.2) is 115 Å². The van der Waals surface area contributed by atoms with Crippen molar-refractivity contribution >= 4 is 16.9 Å². The lowest BCUT2D eigenvalue weighted by Gasteiger charge is -2.64. The summed E-state index contributed by atoms with van der Waals surface area (Å²) in [6, 6.07) is 40.1. The lowest BCUT2D eigenvalue weighted by Crippen LogP contribution is -2.71. The number of ether oxygens (including phenoxy) is 2. The molecule has 9 rings (SSSR count). The maximum Gasteiger partial charge on any atom is 0.155 e. The number of hydrogen-bond acceptors (Lipinski definition) is 2. The van der Waals surface area contributed by atoms with Gasteiger partial charge < -0.3 is 9.47 Å². The Hall–Kier alpha value is -3.88. The quantitative estimate of drug-likeness (QED) is 0.268. The molecule has 3 aliphatic heterocycles. The normalized spacial score (nSPS) is 32.6. The van der Waals surface area contributed by atoms with E-state index in [1.54, 1.807) is 0 Å². The number of hydrogen-bond donors (Lipinski definition) is 0. The number of rotatable bonds is 4. The van der Waals surface area contributed by atoms with E-state index in [0.29, 0.717) is 0 Å². The van der Waals surface area contributed by atoms with E-state index in [0.717, 1.165) is 37.0 Å². The third-order valence-electron chi connectivity index (χ3n) is 10.8. The van der Waals surface area contributed by atoms with Crippen molar-refractivity contribution in [3.8, 4) is 0 Å². The molecule has 5 aliphatic rings. The summed E-state index contributed by atoms with van der Waals surface area (Å²) in [7, 11) is 0. The summed E-state index contributed by atoms with van der Waals surface area (Å²) in [5.74, 6) is 1.04. The highest BCUT2D eigenvalue weighted by Gasteiger charge is 2.94. The van der Waals surface area contributed by atoms with Crippen LogP contribution < -0.4 is 0 Å². The van der Waals surface area contributed by atoms with Crippen LogP contribution >= 0.6 is 0 Å². The maximum absolute atomic E-state index is 7.70. The number of benzene rings is 4. The van der Waals surface area contributed by atoms with E-state index in [1.807, 2.05) is 0 Å². The highest BCUT2D eigenvalue weighted by molar-refractivity contribution is 6.02. The fourth-order valence-electron chi connectivity index (χ4n) is 9.13. The second-order valence-corrected chi connectivity index (χ2v) is 12.5. The van der Waals surface area contributed by atoms with Gasteiger partial charge in [-0.2, -0.15) is 0 Å². The molecule has 196 valence electrons. The number of aryl methyl sites for hydroxylation is 2. The van der Waals surface area contributed by atoms with Crippen molar-refractivity contribution in [3.05, 3.63) is 148 Å². The summed E-state index contributed by atoms with van der Waals surface area (Å²) < 4.78 is 15.2. The highest BCUT2D eigenvalue weighted by atomic mass is 16.6. The Kier molecular flexibility index (Phi) is 4.26. The molecule has 4 atom stereocenters. The van der Waals surface area contributed by atoms with E-state index in [4.69, 9.17) is 9.47 Å². The molecule has 0 N–H and O–H groups in total. The molecule has 0 amide bonds. The van der Waals surface area contributed by atoms with Gasteiger partial charge in [-0.15, -0.1) is 0 Å². The third-order valence-corrected chi connectivity index (χ3v) is 10.8. The molecular formula is C38H32O2. The molecule has 4 aromatic carbocycles. The van der Waals surface area contributed by atoms with Gasteiger partial charge in [0, 0.05) is 11.1 Å². The van der Waals surface area contributed by atoms with E-state index in [2.05, 4.69) is 123 Å². The van der Waals surface area contributed by atoms with Crippen LogP contribution in [0.25, 0.3) is 16.9 Å². The van der Waals surface area contributed by atoms with Crippen LogP contribution in [-0.4, -0.2) is 11.2 Å². The second-order valence-electron chi connectivity index (χ2n) is 12.5. The Bertz CT molecular complexity index is 1750. The predicted molar refractivity (Wildman–Crippen MR) is 159 cm³/mol. The zero-order valence-electron chi connectivity index (χ0n) is 23.0. The zero-order chi connectivity index (χ0) is 26.7. The van der Waals surface area contributed by atoms with Gasteiger partial charge in [0.05, 0.1) is 5.41 Å². The molecule has 2 heteroatoms. The number of fused-ring (bicyclic) bond motifs is 1. The van der Waals surface area contributed by atoms with Crippen LogP contribution in [0, 0.1) is 19.3 Å². The third kappa shape index (κ3) is 2.32. The van der Waals surface area contributed by atoms with Crippen molar-refractivity contribution in [2.45, 2.75) is 56.3 Å². The maximum atomic E-state index is 7.70. The van der Waals surface area contributed by atoms with Crippen molar-refractivity contribution in [3.63, 3.8) is 0 Å². The first-order valence-electron chi connectivity index (χ1n) is 14.7. The molecule has 3 fully saturated rings. The van der Waals surface area contributed by atoms with Crippen molar-refractivity contribution in [2.75, 3.05) is 0 Å². The minimum absolute atomic E-state index is 0.327. The van der Waals surface area contributed by atoms with E-state index < -0.39 is 16.8 Å². The molecule has 2 saturated carbocycles. The summed E-state index contributed by atoms with van der Waals surface area (Å²) in [4.78, 5) is 0. The Balaban J connectivity index is 1.42. The second kappa shape index (κ2) is 7.44. The lowest BCUT2D eigenvalue weighted by atomic mass is 9.36. The molecule has 1 spiro atoms. The first-order valence-corrected chi connectivity index (χ1v) is 14.7. The van der Waals surface area contributed by atoms with E-state index in [-0.39, 0.29) is 5.41 Å². The minimum atomic E-state index is -0.621. The summed E-state index contributed by atoms with van der Waals surface area (Å²) in [5, 5.41) is 0. The molecule has 2 aliphatic carbocycles. The molecule has 40 heavy (non-hydrogen) atoms. The van der Waals surface area contributed by atoms with E-state index >= 15 is 0 Å². The fraction of sp³-hybridized carbons (Fsp3) is 0.263. The van der Waals surface area contributed by atoms with Crippen LogP contribution in [0.5, 0.6) is 0 Å². The average molecular weight is 521 g/mol. The molecule has 4 aromatic rings. The first kappa shape index (κ1) is 22.9. The summed E-state index contributed by atoms with van der Waals surface area (Å²) >= 11 is 0. The Morgan fingerprint density at radius 3 is 1.73 bits per heavy atom. The fourth-order valence-corrected chi connectivity index (χ4v) is 9.13. The topological polar surface area (TPSA) is 18.5 Å². The molecule has 3 heterocycles. The van der Waals surface area contributed by atoms with Gasteiger partial charge in [0.25, 0.3) is 0 Å². The minimum Gasteiger partial charge on any atom is -0.482 e. The van der Waals surface area contributed by atoms with Crippen LogP contribution in [0.3, 0.4) is 0 Å². The van der Waals surface area contributed by atoms with Gasteiger partial charge in [-0.3, -0.25) is 0 Å². The van der Waals surface area contributed by atoms with Gasteiger partial charge in [-0.05, 0) is 67.4 Å². The van der Waals surface area contributed by atoms with E-state index in [1.165, 1.54) is 44.5 Å². The average Bonchev–Trinajstić information content (AvgIpc) is 3.38. The van der Waals surface area contributed by atoms with Crippen molar-refractivity contribution in [1.29, 1.82) is 0 Å². The van der Waals surface area contributed by atoms with Gasteiger partial charge in [-0.1, -0.05) is 120 Å². The predicted octanol–water partition coefficient (Wildman–Crippen LogP) is 8.65. The summed E-state index contributed by atoms with van der Waals surface area (Å²) in [6.07, 6.45) is 4.13. The highest BCUT2D eigenvalue weighted by Crippen LogP contribution is 2.90. The van der Waals surface area contributed by atoms with Crippen molar-refractivity contribution < 1.29 is 9.47 Å².